The van der Waals surface area contributed by atoms with Crippen molar-refractivity contribution in [3.8, 4) is 0 Å². The molecule has 5 heteroatoms. The molecule has 0 radical (unpaired) electrons. The molecule has 0 aliphatic rings. The average molecular weight is 244 g/mol. The number of urea groups is 1. The van der Waals surface area contributed by atoms with E-state index in [9.17, 15) is 9.59 Å². The SMILES string of the molecule is O=C(O)CNC(=O)Nc1ccc2ccccc2c1. The predicted octanol–water partition coefficient (Wildman–Crippen LogP) is 2.05. The van der Waals surface area contributed by atoms with Crippen molar-refractivity contribution in [2.24, 2.45) is 0 Å². The molecule has 2 rings (SSSR count). The summed E-state index contributed by atoms with van der Waals surface area (Å²) in [5, 5.41) is 15.3. The van der Waals surface area contributed by atoms with E-state index in [0.29, 0.717) is 5.69 Å². The molecule has 0 bridgehead atoms. The number of anilines is 1. The molecule has 2 amide bonds. The van der Waals surface area contributed by atoms with E-state index in [1.165, 1.54) is 0 Å². The zero-order valence-electron chi connectivity index (χ0n) is 9.51. The molecule has 2 aromatic rings. The summed E-state index contributed by atoms with van der Waals surface area (Å²) in [6.45, 7) is -0.403. The molecule has 18 heavy (non-hydrogen) atoms. The molecule has 0 spiro atoms. The molecule has 0 saturated carbocycles. The third-order valence-electron chi connectivity index (χ3n) is 2.41. The Balaban J connectivity index is 2.07. The lowest BCUT2D eigenvalue weighted by atomic mass is 10.1. The second-order valence-electron chi connectivity index (χ2n) is 3.76. The summed E-state index contributed by atoms with van der Waals surface area (Å²) in [6.07, 6.45) is 0. The van der Waals surface area contributed by atoms with Crippen LogP contribution in [0.3, 0.4) is 0 Å². The van der Waals surface area contributed by atoms with E-state index < -0.39 is 18.5 Å². The smallest absolute Gasteiger partial charge is 0.323 e. The lowest BCUT2D eigenvalue weighted by molar-refractivity contribution is -0.135. The van der Waals surface area contributed by atoms with Gasteiger partial charge < -0.3 is 15.7 Å². The van der Waals surface area contributed by atoms with Crippen LogP contribution in [0.25, 0.3) is 10.8 Å². The van der Waals surface area contributed by atoms with Gasteiger partial charge in [0.05, 0.1) is 0 Å². The first-order chi connectivity index (χ1) is 8.65. The zero-order chi connectivity index (χ0) is 13.0. The third kappa shape index (κ3) is 2.98. The van der Waals surface area contributed by atoms with Crippen molar-refractivity contribution < 1.29 is 14.7 Å². The maximum absolute atomic E-state index is 11.4. The number of hydrogen-bond acceptors (Lipinski definition) is 2. The molecular weight excluding hydrogens is 232 g/mol. The minimum atomic E-state index is -1.08. The zero-order valence-corrected chi connectivity index (χ0v) is 9.51. The number of carboxylic acids is 1. The van der Waals surface area contributed by atoms with E-state index in [4.69, 9.17) is 5.11 Å². The molecular formula is C13H12N2O3. The normalized spacial score (nSPS) is 10.0. The van der Waals surface area contributed by atoms with Gasteiger partial charge in [0.1, 0.15) is 6.54 Å². The second-order valence-corrected chi connectivity index (χ2v) is 3.76. The van der Waals surface area contributed by atoms with Crippen LogP contribution in [-0.2, 0) is 4.79 Å². The standard InChI is InChI=1S/C13H12N2O3/c16-12(17)8-14-13(18)15-11-6-5-9-3-1-2-4-10(9)7-11/h1-7H,8H2,(H,16,17)(H2,14,15,18). The Bertz CT molecular complexity index is 596. The van der Waals surface area contributed by atoms with Crippen LogP contribution >= 0.6 is 0 Å². The number of benzene rings is 2. The van der Waals surface area contributed by atoms with Gasteiger partial charge in [0.15, 0.2) is 0 Å². The minimum Gasteiger partial charge on any atom is -0.480 e. The number of amides is 2. The predicted molar refractivity (Wildman–Crippen MR) is 68.6 cm³/mol. The van der Waals surface area contributed by atoms with Gasteiger partial charge in [-0.25, -0.2) is 4.79 Å². The highest BCUT2D eigenvalue weighted by atomic mass is 16.4. The van der Waals surface area contributed by atoms with E-state index in [1.54, 1.807) is 6.07 Å². The molecule has 5 nitrogen and oxygen atoms in total. The summed E-state index contributed by atoms with van der Waals surface area (Å²) in [7, 11) is 0. The van der Waals surface area contributed by atoms with Gasteiger partial charge in [-0.05, 0) is 22.9 Å². The maximum Gasteiger partial charge on any atom is 0.323 e. The number of hydrogen-bond donors (Lipinski definition) is 3. The average Bonchev–Trinajstić information content (AvgIpc) is 2.36. The third-order valence-corrected chi connectivity index (χ3v) is 2.41. The first-order valence-electron chi connectivity index (χ1n) is 5.40. The van der Waals surface area contributed by atoms with Gasteiger partial charge in [0, 0.05) is 5.69 Å². The van der Waals surface area contributed by atoms with Crippen LogP contribution in [0.5, 0.6) is 0 Å². The van der Waals surface area contributed by atoms with Crippen molar-refractivity contribution >= 4 is 28.5 Å². The van der Waals surface area contributed by atoms with Crippen molar-refractivity contribution in [3.05, 3.63) is 42.5 Å². The highest BCUT2D eigenvalue weighted by Crippen LogP contribution is 2.18. The summed E-state index contributed by atoms with van der Waals surface area (Å²) < 4.78 is 0. The molecule has 0 aliphatic heterocycles. The van der Waals surface area contributed by atoms with Crippen molar-refractivity contribution in [3.63, 3.8) is 0 Å². The van der Waals surface area contributed by atoms with Crippen molar-refractivity contribution in [1.82, 2.24) is 5.32 Å². The van der Waals surface area contributed by atoms with Crippen LogP contribution in [-0.4, -0.2) is 23.7 Å². The molecule has 2 aromatic carbocycles. The molecule has 92 valence electrons. The van der Waals surface area contributed by atoms with E-state index in [-0.39, 0.29) is 0 Å². The van der Waals surface area contributed by atoms with Crippen LogP contribution in [0.2, 0.25) is 0 Å². The van der Waals surface area contributed by atoms with E-state index in [1.807, 2.05) is 36.4 Å². The lowest BCUT2D eigenvalue weighted by Crippen LogP contribution is -2.33. The molecule has 3 N–H and O–H groups in total. The Morgan fingerprint density at radius 1 is 1.06 bits per heavy atom. The van der Waals surface area contributed by atoms with Crippen LogP contribution in [0.1, 0.15) is 0 Å². The quantitative estimate of drug-likeness (QED) is 0.773. The Morgan fingerprint density at radius 2 is 1.78 bits per heavy atom. The molecule has 0 unspecified atom stereocenters. The number of rotatable bonds is 3. The fourth-order valence-corrected chi connectivity index (χ4v) is 1.60. The van der Waals surface area contributed by atoms with Gasteiger partial charge in [0.25, 0.3) is 0 Å². The van der Waals surface area contributed by atoms with Gasteiger partial charge in [-0.1, -0.05) is 30.3 Å². The topological polar surface area (TPSA) is 78.4 Å². The fraction of sp³-hybridized carbons (Fsp3) is 0.0769. The first kappa shape index (κ1) is 11.9. The summed E-state index contributed by atoms with van der Waals surface area (Å²) >= 11 is 0. The van der Waals surface area contributed by atoms with Crippen molar-refractivity contribution in [2.75, 3.05) is 11.9 Å². The van der Waals surface area contributed by atoms with E-state index in [2.05, 4.69) is 10.6 Å². The second kappa shape index (κ2) is 5.18. The van der Waals surface area contributed by atoms with Crippen LogP contribution < -0.4 is 10.6 Å². The number of carbonyl (C=O) groups excluding carboxylic acids is 1. The Hall–Kier alpha value is -2.56. The van der Waals surface area contributed by atoms with E-state index >= 15 is 0 Å². The van der Waals surface area contributed by atoms with Crippen LogP contribution in [0.15, 0.2) is 42.5 Å². The minimum absolute atomic E-state index is 0.403. The monoisotopic (exact) mass is 244 g/mol. The number of nitrogens with one attached hydrogen (secondary N) is 2. The maximum atomic E-state index is 11.4. The fourth-order valence-electron chi connectivity index (χ4n) is 1.60. The summed E-state index contributed by atoms with van der Waals surface area (Å²) in [5.41, 5.74) is 0.622. The van der Waals surface area contributed by atoms with Gasteiger partial charge in [0.2, 0.25) is 0 Å². The number of fused-ring (bicyclic) bond motifs is 1. The highest BCUT2D eigenvalue weighted by molar-refractivity contribution is 5.94. The number of carbonyl (C=O) groups is 2. The van der Waals surface area contributed by atoms with Gasteiger partial charge in [-0.2, -0.15) is 0 Å². The van der Waals surface area contributed by atoms with Gasteiger partial charge >= 0.3 is 12.0 Å². The largest absolute Gasteiger partial charge is 0.480 e. The van der Waals surface area contributed by atoms with Crippen LogP contribution in [0, 0.1) is 0 Å². The van der Waals surface area contributed by atoms with E-state index in [0.717, 1.165) is 10.8 Å². The molecule has 0 fully saturated rings. The van der Waals surface area contributed by atoms with Crippen molar-refractivity contribution in [1.29, 1.82) is 0 Å². The summed E-state index contributed by atoms with van der Waals surface area (Å²) in [5.74, 6) is -1.08. The first-order valence-corrected chi connectivity index (χ1v) is 5.40. The molecule has 0 aromatic heterocycles. The molecule has 0 aliphatic carbocycles. The Morgan fingerprint density at radius 3 is 2.50 bits per heavy atom. The Kier molecular flexibility index (Phi) is 3.43. The molecule has 0 heterocycles. The van der Waals surface area contributed by atoms with Crippen LogP contribution in [0.4, 0.5) is 10.5 Å². The molecule has 0 saturated heterocycles. The lowest BCUT2D eigenvalue weighted by Gasteiger charge is -2.06. The number of carboxylic acid groups (broad SMARTS) is 1. The summed E-state index contributed by atoms with van der Waals surface area (Å²) in [4.78, 5) is 21.7. The van der Waals surface area contributed by atoms with Gasteiger partial charge in [-0.15, -0.1) is 0 Å². The van der Waals surface area contributed by atoms with Crippen molar-refractivity contribution in [2.45, 2.75) is 0 Å². The molecule has 0 atom stereocenters. The number of aliphatic carboxylic acids is 1. The summed E-state index contributed by atoms with van der Waals surface area (Å²) in [6, 6.07) is 12.7. The van der Waals surface area contributed by atoms with Gasteiger partial charge in [-0.3, -0.25) is 4.79 Å². The Labute approximate surface area is 103 Å². The highest BCUT2D eigenvalue weighted by Gasteiger charge is 2.04.